The molecule has 1 saturated carbocycles. The van der Waals surface area contributed by atoms with Gasteiger partial charge in [-0.05, 0) is 37.1 Å². The molecule has 0 saturated heterocycles. The number of rotatable bonds is 3. The summed E-state index contributed by atoms with van der Waals surface area (Å²) in [6.45, 7) is 0. The van der Waals surface area contributed by atoms with E-state index >= 15 is 0 Å². The Balaban J connectivity index is 1.84. The summed E-state index contributed by atoms with van der Waals surface area (Å²) in [6.07, 6.45) is 4.29. The highest BCUT2D eigenvalue weighted by atomic mass is 15.0. The van der Waals surface area contributed by atoms with Crippen LogP contribution in [0.3, 0.4) is 0 Å². The van der Waals surface area contributed by atoms with E-state index in [2.05, 4.69) is 33.5 Å². The van der Waals surface area contributed by atoms with Crippen LogP contribution >= 0.6 is 0 Å². The lowest BCUT2D eigenvalue weighted by Gasteiger charge is -2.08. The number of nitrogens with zero attached hydrogens (tertiary/aromatic N) is 3. The Morgan fingerprint density at radius 2 is 2.00 bits per heavy atom. The highest BCUT2D eigenvalue weighted by Gasteiger charge is 2.26. The fourth-order valence-corrected chi connectivity index (χ4v) is 2.53. The van der Waals surface area contributed by atoms with Crippen LogP contribution in [0.15, 0.2) is 42.6 Å². The Kier molecular flexibility index (Phi) is 2.81. The Hall–Kier alpha value is -2.49. The van der Waals surface area contributed by atoms with Crippen LogP contribution in [0, 0.1) is 0 Å². The van der Waals surface area contributed by atoms with E-state index in [9.17, 15) is 0 Å². The molecule has 0 radical (unpaired) electrons. The predicted octanol–water partition coefficient (Wildman–Crippen LogP) is 3.61. The van der Waals surface area contributed by atoms with Gasteiger partial charge < -0.3 is 5.32 Å². The van der Waals surface area contributed by atoms with Crippen LogP contribution in [0.4, 0.5) is 5.82 Å². The van der Waals surface area contributed by atoms with Crippen molar-refractivity contribution < 1.29 is 0 Å². The fraction of sp³-hybridized carbons (Fsp3) is 0.235. The molecule has 1 aliphatic rings. The SMILES string of the molecule is CNc1cc(C2CC2)nc(-c2ccc3ncccc3c2)n1. The van der Waals surface area contributed by atoms with Gasteiger partial charge in [0.05, 0.1) is 5.52 Å². The molecule has 4 rings (SSSR count). The molecule has 104 valence electrons. The van der Waals surface area contributed by atoms with Gasteiger partial charge in [-0.15, -0.1) is 0 Å². The number of aromatic nitrogens is 3. The van der Waals surface area contributed by atoms with Crippen molar-refractivity contribution in [1.82, 2.24) is 15.0 Å². The zero-order valence-corrected chi connectivity index (χ0v) is 11.9. The smallest absolute Gasteiger partial charge is 0.161 e. The van der Waals surface area contributed by atoms with Gasteiger partial charge in [-0.2, -0.15) is 0 Å². The molecule has 0 bridgehead atoms. The molecular weight excluding hydrogens is 260 g/mol. The molecule has 1 fully saturated rings. The van der Waals surface area contributed by atoms with Gasteiger partial charge in [0.15, 0.2) is 5.82 Å². The number of anilines is 1. The van der Waals surface area contributed by atoms with Crippen molar-refractivity contribution in [2.45, 2.75) is 18.8 Å². The van der Waals surface area contributed by atoms with Gasteiger partial charge in [-0.25, -0.2) is 9.97 Å². The standard InChI is InChI=1S/C17H16N4/c1-18-16-10-15(11-4-5-11)20-17(21-16)13-6-7-14-12(9-13)3-2-8-19-14/h2-3,6-11H,4-5H2,1H3,(H,18,20,21). The molecule has 1 aliphatic carbocycles. The molecule has 0 aliphatic heterocycles. The van der Waals surface area contributed by atoms with E-state index in [4.69, 9.17) is 4.98 Å². The number of fused-ring (bicyclic) bond motifs is 1. The fourth-order valence-electron chi connectivity index (χ4n) is 2.53. The maximum Gasteiger partial charge on any atom is 0.161 e. The van der Waals surface area contributed by atoms with Gasteiger partial charge in [0, 0.05) is 41.9 Å². The zero-order valence-electron chi connectivity index (χ0n) is 11.9. The minimum Gasteiger partial charge on any atom is -0.373 e. The first-order valence-electron chi connectivity index (χ1n) is 7.25. The minimum absolute atomic E-state index is 0.612. The van der Waals surface area contributed by atoms with Crippen LogP contribution in [0.25, 0.3) is 22.3 Å². The lowest BCUT2D eigenvalue weighted by Crippen LogP contribution is -2.00. The van der Waals surface area contributed by atoms with Gasteiger partial charge in [0.2, 0.25) is 0 Å². The third-order valence-electron chi connectivity index (χ3n) is 3.86. The summed E-state index contributed by atoms with van der Waals surface area (Å²) in [7, 11) is 1.90. The second-order valence-corrected chi connectivity index (χ2v) is 5.44. The number of nitrogens with one attached hydrogen (secondary N) is 1. The largest absolute Gasteiger partial charge is 0.373 e. The molecule has 0 spiro atoms. The highest BCUT2D eigenvalue weighted by Crippen LogP contribution is 2.40. The molecule has 0 atom stereocenters. The Morgan fingerprint density at radius 1 is 1.10 bits per heavy atom. The summed E-state index contributed by atoms with van der Waals surface area (Å²) >= 11 is 0. The van der Waals surface area contributed by atoms with Crippen molar-refractivity contribution in [1.29, 1.82) is 0 Å². The van der Waals surface area contributed by atoms with Crippen molar-refractivity contribution in [3.63, 3.8) is 0 Å². The number of hydrogen-bond donors (Lipinski definition) is 1. The summed E-state index contributed by atoms with van der Waals surface area (Å²) in [5.41, 5.74) is 3.18. The maximum atomic E-state index is 4.75. The molecular formula is C17H16N4. The van der Waals surface area contributed by atoms with E-state index in [0.717, 1.165) is 33.8 Å². The molecule has 1 N–H and O–H groups in total. The van der Waals surface area contributed by atoms with E-state index in [1.807, 2.05) is 31.4 Å². The molecule has 1 aromatic carbocycles. The van der Waals surface area contributed by atoms with Gasteiger partial charge in [0.1, 0.15) is 5.82 Å². The summed E-state index contributed by atoms with van der Waals surface area (Å²) in [4.78, 5) is 13.7. The average molecular weight is 276 g/mol. The van der Waals surface area contributed by atoms with E-state index in [-0.39, 0.29) is 0 Å². The van der Waals surface area contributed by atoms with Crippen LogP contribution in [-0.2, 0) is 0 Å². The molecule has 0 amide bonds. The quantitative estimate of drug-likeness (QED) is 0.794. The summed E-state index contributed by atoms with van der Waals surface area (Å²) in [6, 6.07) is 12.2. The van der Waals surface area contributed by atoms with Crippen LogP contribution in [0.5, 0.6) is 0 Å². The molecule has 2 heterocycles. The Bertz CT molecular complexity index is 809. The lowest BCUT2D eigenvalue weighted by molar-refractivity contribution is 0.995. The second-order valence-electron chi connectivity index (χ2n) is 5.44. The lowest BCUT2D eigenvalue weighted by atomic mass is 10.1. The van der Waals surface area contributed by atoms with Crippen molar-refractivity contribution >= 4 is 16.7 Å². The van der Waals surface area contributed by atoms with Crippen molar-refractivity contribution in [2.24, 2.45) is 0 Å². The molecule has 4 nitrogen and oxygen atoms in total. The van der Waals surface area contributed by atoms with E-state index in [1.165, 1.54) is 12.8 Å². The van der Waals surface area contributed by atoms with Crippen molar-refractivity contribution in [3.8, 4) is 11.4 Å². The summed E-state index contributed by atoms with van der Waals surface area (Å²) in [5.74, 6) is 2.28. The third kappa shape index (κ3) is 2.33. The Labute approximate surface area is 123 Å². The first kappa shape index (κ1) is 12.3. The van der Waals surface area contributed by atoms with Gasteiger partial charge in [-0.3, -0.25) is 4.98 Å². The van der Waals surface area contributed by atoms with E-state index < -0.39 is 0 Å². The van der Waals surface area contributed by atoms with Crippen LogP contribution in [0.2, 0.25) is 0 Å². The average Bonchev–Trinajstić information content (AvgIpc) is 3.39. The molecule has 3 aromatic rings. The second kappa shape index (κ2) is 4.81. The van der Waals surface area contributed by atoms with E-state index in [1.54, 1.807) is 0 Å². The molecule has 21 heavy (non-hydrogen) atoms. The minimum atomic E-state index is 0.612. The van der Waals surface area contributed by atoms with Crippen molar-refractivity contribution in [3.05, 3.63) is 48.3 Å². The third-order valence-corrected chi connectivity index (χ3v) is 3.86. The highest BCUT2D eigenvalue weighted by molar-refractivity contribution is 5.83. The maximum absolute atomic E-state index is 4.75. The van der Waals surface area contributed by atoms with Crippen molar-refractivity contribution in [2.75, 3.05) is 12.4 Å². The first-order chi connectivity index (χ1) is 10.3. The number of pyridine rings is 1. The number of benzene rings is 1. The topological polar surface area (TPSA) is 50.7 Å². The Morgan fingerprint density at radius 3 is 2.81 bits per heavy atom. The molecule has 2 aromatic heterocycles. The van der Waals surface area contributed by atoms with Gasteiger partial charge in [0.25, 0.3) is 0 Å². The van der Waals surface area contributed by atoms with Crippen LogP contribution in [-0.4, -0.2) is 22.0 Å². The predicted molar refractivity (Wildman–Crippen MR) is 84.3 cm³/mol. The summed E-state index contributed by atoms with van der Waals surface area (Å²) < 4.78 is 0. The molecule has 0 unspecified atom stereocenters. The zero-order chi connectivity index (χ0) is 14.2. The van der Waals surface area contributed by atoms with Crippen LogP contribution < -0.4 is 5.32 Å². The summed E-state index contributed by atoms with van der Waals surface area (Å²) in [5, 5.41) is 4.25. The van der Waals surface area contributed by atoms with Gasteiger partial charge in [-0.1, -0.05) is 6.07 Å². The van der Waals surface area contributed by atoms with Gasteiger partial charge >= 0.3 is 0 Å². The van der Waals surface area contributed by atoms with E-state index in [0.29, 0.717) is 5.92 Å². The first-order valence-corrected chi connectivity index (χ1v) is 7.25. The number of hydrogen-bond acceptors (Lipinski definition) is 4. The molecule has 4 heteroatoms. The van der Waals surface area contributed by atoms with Crippen LogP contribution in [0.1, 0.15) is 24.5 Å². The normalized spacial score (nSPS) is 14.3. The monoisotopic (exact) mass is 276 g/mol.